The molecule has 2 aromatic rings. The van der Waals surface area contributed by atoms with Gasteiger partial charge in [0, 0.05) is 6.07 Å². The fraction of sp³-hybridized carbons (Fsp3) is 0.0769. The van der Waals surface area contributed by atoms with Crippen LogP contribution >= 0.6 is 0 Å². The summed E-state index contributed by atoms with van der Waals surface area (Å²) in [5.74, 6) is -2.40. The lowest BCUT2D eigenvalue weighted by molar-refractivity contribution is 0.590. The van der Waals surface area contributed by atoms with Gasteiger partial charge in [-0.1, -0.05) is 0 Å². The predicted molar refractivity (Wildman–Crippen MR) is 72.7 cm³/mol. The average Bonchev–Trinajstić information content (AvgIpc) is 2.35. The van der Waals surface area contributed by atoms with Crippen LogP contribution in [0.25, 0.3) is 0 Å². The lowest BCUT2D eigenvalue weighted by Gasteiger charge is -2.11. The van der Waals surface area contributed by atoms with Crippen molar-refractivity contribution >= 4 is 21.4 Å². The SMILES string of the molecule is Cc1cc(F)c(NS(=O)(=O)c2ccc(F)cc2N)cc1F. The van der Waals surface area contributed by atoms with E-state index < -0.39 is 38.1 Å². The van der Waals surface area contributed by atoms with Gasteiger partial charge in [-0.2, -0.15) is 0 Å². The van der Waals surface area contributed by atoms with E-state index in [1.165, 1.54) is 6.92 Å². The van der Waals surface area contributed by atoms with Crippen LogP contribution in [0, 0.1) is 24.4 Å². The van der Waals surface area contributed by atoms with Crippen LogP contribution in [0.4, 0.5) is 24.5 Å². The minimum Gasteiger partial charge on any atom is -0.398 e. The molecule has 0 spiro atoms. The molecule has 0 bridgehead atoms. The standard InChI is InChI=1S/C13H11F3N2O2S/c1-7-4-10(16)12(6-9(7)15)18-21(19,20)13-3-2-8(14)5-11(13)17/h2-6,18H,17H2,1H3. The molecule has 0 radical (unpaired) electrons. The summed E-state index contributed by atoms with van der Waals surface area (Å²) in [6.45, 7) is 1.34. The minimum atomic E-state index is -4.26. The molecule has 4 nitrogen and oxygen atoms in total. The van der Waals surface area contributed by atoms with Crippen LogP contribution in [0.2, 0.25) is 0 Å². The number of anilines is 2. The fourth-order valence-electron chi connectivity index (χ4n) is 1.69. The zero-order chi connectivity index (χ0) is 15.8. The van der Waals surface area contributed by atoms with Gasteiger partial charge in [-0.15, -0.1) is 0 Å². The first-order valence-corrected chi connectivity index (χ1v) is 7.22. The molecule has 0 aliphatic rings. The molecule has 0 saturated heterocycles. The molecule has 0 aliphatic heterocycles. The van der Waals surface area contributed by atoms with Crippen LogP contribution < -0.4 is 10.5 Å². The maximum absolute atomic E-state index is 13.7. The highest BCUT2D eigenvalue weighted by molar-refractivity contribution is 7.92. The molecule has 2 rings (SSSR count). The van der Waals surface area contributed by atoms with Crippen molar-refractivity contribution in [3.05, 3.63) is 53.3 Å². The molecule has 0 heterocycles. The molecule has 21 heavy (non-hydrogen) atoms. The quantitative estimate of drug-likeness (QED) is 0.855. The van der Waals surface area contributed by atoms with Crippen molar-refractivity contribution < 1.29 is 21.6 Å². The van der Waals surface area contributed by atoms with Gasteiger partial charge >= 0.3 is 0 Å². The van der Waals surface area contributed by atoms with Crippen molar-refractivity contribution in [1.82, 2.24) is 0 Å². The summed E-state index contributed by atoms with van der Waals surface area (Å²) in [7, 11) is -4.26. The van der Waals surface area contributed by atoms with Crippen LogP contribution in [0.5, 0.6) is 0 Å². The van der Waals surface area contributed by atoms with Gasteiger partial charge in [0.25, 0.3) is 10.0 Å². The highest BCUT2D eigenvalue weighted by atomic mass is 32.2. The Kier molecular flexibility index (Phi) is 3.82. The monoisotopic (exact) mass is 316 g/mol. The van der Waals surface area contributed by atoms with Gasteiger partial charge in [-0.25, -0.2) is 21.6 Å². The highest BCUT2D eigenvalue weighted by Gasteiger charge is 2.20. The maximum atomic E-state index is 13.7. The Hall–Kier alpha value is -2.22. The zero-order valence-corrected chi connectivity index (χ0v) is 11.6. The lowest BCUT2D eigenvalue weighted by Crippen LogP contribution is -2.16. The number of rotatable bonds is 3. The van der Waals surface area contributed by atoms with Crippen molar-refractivity contribution in [2.45, 2.75) is 11.8 Å². The van der Waals surface area contributed by atoms with Crippen molar-refractivity contribution in [2.24, 2.45) is 0 Å². The number of aryl methyl sites for hydroxylation is 1. The van der Waals surface area contributed by atoms with E-state index in [0.717, 1.165) is 30.3 Å². The Morgan fingerprint density at radius 1 is 1.05 bits per heavy atom. The van der Waals surface area contributed by atoms with E-state index in [-0.39, 0.29) is 11.3 Å². The third-order valence-corrected chi connectivity index (χ3v) is 4.19. The van der Waals surface area contributed by atoms with Gasteiger partial charge in [0.05, 0.1) is 11.4 Å². The summed E-state index contributed by atoms with van der Waals surface area (Å²) < 4.78 is 66.0. The Morgan fingerprint density at radius 3 is 2.33 bits per heavy atom. The molecule has 0 atom stereocenters. The topological polar surface area (TPSA) is 72.2 Å². The molecule has 0 fully saturated rings. The van der Waals surface area contributed by atoms with E-state index >= 15 is 0 Å². The van der Waals surface area contributed by atoms with Gasteiger partial charge in [0.2, 0.25) is 0 Å². The van der Waals surface area contributed by atoms with E-state index in [9.17, 15) is 21.6 Å². The molecule has 2 aromatic carbocycles. The molecule has 0 aliphatic carbocycles. The van der Waals surface area contributed by atoms with Crippen LogP contribution in [0.3, 0.4) is 0 Å². The Labute approximate surface area is 119 Å². The molecule has 0 unspecified atom stereocenters. The smallest absolute Gasteiger partial charge is 0.264 e. The van der Waals surface area contributed by atoms with Crippen LogP contribution in [0.1, 0.15) is 5.56 Å². The van der Waals surface area contributed by atoms with Gasteiger partial charge in [-0.3, -0.25) is 4.72 Å². The number of hydrogen-bond acceptors (Lipinski definition) is 3. The number of nitrogens with one attached hydrogen (secondary N) is 1. The Balaban J connectivity index is 2.45. The number of sulfonamides is 1. The first-order chi connectivity index (χ1) is 9.70. The van der Waals surface area contributed by atoms with Gasteiger partial charge in [0.1, 0.15) is 22.3 Å². The van der Waals surface area contributed by atoms with E-state index in [1.807, 2.05) is 4.72 Å². The van der Waals surface area contributed by atoms with Gasteiger partial charge in [-0.05, 0) is 36.8 Å². The number of nitrogen functional groups attached to an aromatic ring is 1. The number of nitrogens with two attached hydrogens (primary N) is 1. The maximum Gasteiger partial charge on any atom is 0.264 e. The lowest BCUT2D eigenvalue weighted by atomic mass is 10.2. The summed E-state index contributed by atoms with van der Waals surface area (Å²) in [6.07, 6.45) is 0. The number of benzene rings is 2. The molecule has 8 heteroatoms. The van der Waals surface area contributed by atoms with Crippen molar-refractivity contribution in [3.63, 3.8) is 0 Å². The first-order valence-electron chi connectivity index (χ1n) is 5.74. The van der Waals surface area contributed by atoms with Crippen LogP contribution in [-0.4, -0.2) is 8.42 Å². The second kappa shape index (κ2) is 5.28. The second-order valence-electron chi connectivity index (χ2n) is 4.37. The summed E-state index contributed by atoms with van der Waals surface area (Å²) in [5, 5.41) is 0. The number of halogens is 3. The Morgan fingerprint density at radius 2 is 1.71 bits per heavy atom. The normalized spacial score (nSPS) is 11.4. The molecule has 0 aromatic heterocycles. The highest BCUT2D eigenvalue weighted by Crippen LogP contribution is 2.25. The average molecular weight is 316 g/mol. The summed E-state index contributed by atoms with van der Waals surface area (Å²) in [6, 6.07) is 4.25. The predicted octanol–water partition coefficient (Wildman–Crippen LogP) is 2.80. The third kappa shape index (κ3) is 3.10. The summed E-state index contributed by atoms with van der Waals surface area (Å²) in [4.78, 5) is -0.427. The van der Waals surface area contributed by atoms with Crippen LogP contribution in [0.15, 0.2) is 35.2 Å². The third-order valence-electron chi connectivity index (χ3n) is 2.75. The van der Waals surface area contributed by atoms with Gasteiger partial charge in [0.15, 0.2) is 0 Å². The molecule has 0 amide bonds. The first kappa shape index (κ1) is 15.2. The van der Waals surface area contributed by atoms with Crippen molar-refractivity contribution in [3.8, 4) is 0 Å². The number of hydrogen-bond donors (Lipinski definition) is 2. The molecular weight excluding hydrogens is 305 g/mol. The molecule has 3 N–H and O–H groups in total. The van der Waals surface area contributed by atoms with E-state index in [2.05, 4.69) is 0 Å². The van der Waals surface area contributed by atoms with Gasteiger partial charge < -0.3 is 5.73 Å². The van der Waals surface area contributed by atoms with E-state index in [4.69, 9.17) is 5.73 Å². The molecule has 112 valence electrons. The van der Waals surface area contributed by atoms with E-state index in [0.29, 0.717) is 0 Å². The zero-order valence-electron chi connectivity index (χ0n) is 10.8. The molecular formula is C13H11F3N2O2S. The summed E-state index contributed by atoms with van der Waals surface area (Å²) in [5.41, 5.74) is 4.57. The van der Waals surface area contributed by atoms with E-state index in [1.54, 1.807) is 0 Å². The Bertz CT molecular complexity index is 807. The van der Waals surface area contributed by atoms with Crippen molar-refractivity contribution in [2.75, 3.05) is 10.5 Å². The minimum absolute atomic E-state index is 0.0387. The second-order valence-corrected chi connectivity index (χ2v) is 6.02. The van der Waals surface area contributed by atoms with Crippen LogP contribution in [-0.2, 0) is 10.0 Å². The molecule has 0 saturated carbocycles. The largest absolute Gasteiger partial charge is 0.398 e. The van der Waals surface area contributed by atoms with Crippen molar-refractivity contribution in [1.29, 1.82) is 0 Å². The fourth-order valence-corrected chi connectivity index (χ4v) is 2.86. The summed E-state index contributed by atoms with van der Waals surface area (Å²) >= 11 is 0.